The number of hydrogen-bond donors (Lipinski definition) is 1. The molecule has 1 aromatic carbocycles. The second-order valence-corrected chi connectivity index (χ2v) is 9.42. The average Bonchev–Trinajstić information content (AvgIpc) is 3.32. The van der Waals surface area contributed by atoms with E-state index < -0.39 is 0 Å². The summed E-state index contributed by atoms with van der Waals surface area (Å²) in [6.45, 7) is 1.27. The first-order valence-corrected chi connectivity index (χ1v) is 12.4. The van der Waals surface area contributed by atoms with Gasteiger partial charge in [-0.1, -0.05) is 36.4 Å². The van der Waals surface area contributed by atoms with Gasteiger partial charge < -0.3 is 15.2 Å². The number of rotatable bonds is 7. The Kier molecular flexibility index (Phi) is 6.89. The molecule has 3 aromatic heterocycles. The largest absolute Gasteiger partial charge is 0.383 e. The molecule has 34 heavy (non-hydrogen) atoms. The number of nitrogens with two attached hydrogens (primary N) is 1. The molecule has 3 heterocycles. The second kappa shape index (κ2) is 10.2. The lowest BCUT2D eigenvalue weighted by molar-refractivity contribution is -0.00299. The first kappa shape index (κ1) is 23.0. The maximum Gasteiger partial charge on any atom is 0.165 e. The van der Waals surface area contributed by atoms with Crippen molar-refractivity contribution in [3.05, 3.63) is 65.0 Å². The van der Waals surface area contributed by atoms with Crippen molar-refractivity contribution in [2.24, 2.45) is 0 Å². The van der Waals surface area contributed by atoms with Crippen LogP contribution < -0.4 is 5.73 Å². The monoisotopic (exact) mass is 521 g/mol. The first-order chi connectivity index (χ1) is 16.7. The highest BCUT2D eigenvalue weighted by atomic mass is 79.9. The molecular weight excluding hydrogens is 494 g/mol. The molecule has 0 saturated heterocycles. The van der Waals surface area contributed by atoms with Gasteiger partial charge in [-0.15, -0.1) is 0 Å². The lowest BCUT2D eigenvalue weighted by Gasteiger charge is -2.29. The number of pyridine rings is 1. The van der Waals surface area contributed by atoms with E-state index in [0.717, 1.165) is 63.9 Å². The zero-order chi connectivity index (χ0) is 23.5. The number of methoxy groups -OCH3 is 1. The van der Waals surface area contributed by atoms with Crippen molar-refractivity contribution in [2.45, 2.75) is 37.7 Å². The van der Waals surface area contributed by atoms with Crippen LogP contribution in [-0.2, 0) is 9.47 Å². The van der Waals surface area contributed by atoms with Gasteiger partial charge in [0.1, 0.15) is 5.82 Å². The number of hydrogen-bond acceptors (Lipinski definition) is 6. The molecule has 1 fully saturated rings. The highest BCUT2D eigenvalue weighted by molar-refractivity contribution is 9.10. The fourth-order valence-electron chi connectivity index (χ4n) is 4.62. The highest BCUT2D eigenvalue weighted by Crippen LogP contribution is 2.39. The van der Waals surface area contributed by atoms with Gasteiger partial charge in [0.25, 0.3) is 0 Å². The van der Waals surface area contributed by atoms with Crippen molar-refractivity contribution >= 4 is 27.4 Å². The summed E-state index contributed by atoms with van der Waals surface area (Å²) in [6.07, 6.45) is 8.00. The van der Waals surface area contributed by atoms with Gasteiger partial charge >= 0.3 is 0 Å². The fraction of sp³-hybridized carbons (Fsp3) is 0.346. The van der Waals surface area contributed by atoms with E-state index in [2.05, 4.69) is 44.2 Å². The Balaban J connectivity index is 1.41. The first-order valence-electron chi connectivity index (χ1n) is 11.6. The van der Waals surface area contributed by atoms with Crippen molar-refractivity contribution in [1.29, 1.82) is 0 Å². The number of nitrogens with zero attached hydrogens (tertiary/aromatic N) is 4. The molecule has 0 amide bonds. The smallest absolute Gasteiger partial charge is 0.165 e. The summed E-state index contributed by atoms with van der Waals surface area (Å²) < 4.78 is 13.6. The number of halogens is 1. The van der Waals surface area contributed by atoms with Gasteiger partial charge in [-0.3, -0.25) is 4.98 Å². The number of aromatic nitrogens is 4. The molecule has 2 N–H and O–H groups in total. The van der Waals surface area contributed by atoms with E-state index in [1.165, 1.54) is 0 Å². The number of fused-ring (bicyclic) bond motifs is 1. The molecule has 4 aromatic rings. The standard InChI is InChI=1S/C26H28BrN5O2/c1-33-13-14-34-20-10-7-18(8-11-20)24-23(27)25(28)32-26(31-24)21(16-30-32)19-9-12-22(29-15-19)17-5-3-2-4-6-17/h2-6,9,12,15-16,18,20H,7-8,10-11,13-14,28H2,1H3. The van der Waals surface area contributed by atoms with Crippen LogP contribution in [0.25, 0.3) is 28.0 Å². The van der Waals surface area contributed by atoms with Gasteiger partial charge in [-0.05, 0) is 47.7 Å². The van der Waals surface area contributed by atoms with E-state index in [1.807, 2.05) is 36.7 Å². The van der Waals surface area contributed by atoms with Crippen LogP contribution in [-0.4, -0.2) is 46.0 Å². The fourth-order valence-corrected chi connectivity index (χ4v) is 5.20. The summed E-state index contributed by atoms with van der Waals surface area (Å²) in [7, 11) is 1.70. The number of anilines is 1. The van der Waals surface area contributed by atoms with Gasteiger partial charge in [-0.2, -0.15) is 9.61 Å². The van der Waals surface area contributed by atoms with E-state index in [0.29, 0.717) is 24.9 Å². The molecule has 0 unspecified atom stereocenters. The Morgan fingerprint density at radius 3 is 2.50 bits per heavy atom. The SMILES string of the molecule is COCCOC1CCC(c2nc3c(-c4ccc(-c5ccccc5)nc4)cnn3c(N)c2Br)CC1. The minimum atomic E-state index is 0.283. The van der Waals surface area contributed by atoms with Crippen LogP contribution in [0.5, 0.6) is 0 Å². The quantitative estimate of drug-likeness (QED) is 0.323. The lowest BCUT2D eigenvalue weighted by atomic mass is 9.85. The number of ether oxygens (including phenoxy) is 2. The van der Waals surface area contributed by atoms with E-state index in [1.54, 1.807) is 11.6 Å². The van der Waals surface area contributed by atoms with Crippen molar-refractivity contribution < 1.29 is 9.47 Å². The van der Waals surface area contributed by atoms with Gasteiger partial charge in [0, 0.05) is 35.9 Å². The highest BCUT2D eigenvalue weighted by Gasteiger charge is 2.27. The Bertz CT molecular complexity index is 1250. The zero-order valence-corrected chi connectivity index (χ0v) is 20.7. The summed E-state index contributed by atoms with van der Waals surface area (Å²) in [4.78, 5) is 9.74. The minimum absolute atomic E-state index is 0.283. The van der Waals surface area contributed by atoms with E-state index in [9.17, 15) is 0 Å². The maximum atomic E-state index is 6.48. The molecule has 1 aliphatic rings. The van der Waals surface area contributed by atoms with Gasteiger partial charge in [0.05, 0.1) is 41.4 Å². The third-order valence-corrected chi connectivity index (χ3v) is 7.31. The third-order valence-electron chi connectivity index (χ3n) is 6.49. The molecule has 1 aliphatic carbocycles. The van der Waals surface area contributed by atoms with Crippen molar-refractivity contribution in [3.8, 4) is 22.4 Å². The normalized spacial score (nSPS) is 18.4. The molecule has 1 saturated carbocycles. The molecule has 0 atom stereocenters. The van der Waals surface area contributed by atoms with Crippen LogP contribution in [0.2, 0.25) is 0 Å². The summed E-state index contributed by atoms with van der Waals surface area (Å²) in [5.41, 5.74) is 12.1. The van der Waals surface area contributed by atoms with Crippen molar-refractivity contribution in [2.75, 3.05) is 26.1 Å². The van der Waals surface area contributed by atoms with E-state index >= 15 is 0 Å². The molecule has 0 spiro atoms. The van der Waals surface area contributed by atoms with Crippen LogP contribution in [0.1, 0.15) is 37.3 Å². The topological polar surface area (TPSA) is 87.6 Å². The van der Waals surface area contributed by atoms with Gasteiger partial charge in [0.15, 0.2) is 5.65 Å². The van der Waals surface area contributed by atoms with Gasteiger partial charge in [0.2, 0.25) is 0 Å². The minimum Gasteiger partial charge on any atom is -0.383 e. The third kappa shape index (κ3) is 4.58. The van der Waals surface area contributed by atoms with Crippen LogP contribution in [0.3, 0.4) is 0 Å². The second-order valence-electron chi connectivity index (χ2n) is 8.63. The summed E-state index contributed by atoms with van der Waals surface area (Å²) in [6, 6.07) is 14.2. The van der Waals surface area contributed by atoms with Crippen molar-refractivity contribution in [3.63, 3.8) is 0 Å². The van der Waals surface area contributed by atoms with Crippen molar-refractivity contribution in [1.82, 2.24) is 19.6 Å². The molecule has 0 radical (unpaired) electrons. The predicted molar refractivity (Wildman–Crippen MR) is 137 cm³/mol. The van der Waals surface area contributed by atoms with Gasteiger partial charge in [-0.25, -0.2) is 4.98 Å². The molecule has 176 valence electrons. The molecule has 0 bridgehead atoms. The Morgan fingerprint density at radius 2 is 1.79 bits per heavy atom. The van der Waals surface area contributed by atoms with E-state index in [4.69, 9.17) is 20.2 Å². The van der Waals surface area contributed by atoms with Crippen LogP contribution in [0.15, 0.2) is 59.3 Å². The molecule has 5 rings (SSSR count). The van der Waals surface area contributed by atoms with Crippen LogP contribution in [0, 0.1) is 0 Å². The molecular formula is C26H28BrN5O2. The molecule has 7 nitrogen and oxygen atoms in total. The zero-order valence-electron chi connectivity index (χ0n) is 19.2. The summed E-state index contributed by atoms with van der Waals surface area (Å²) in [5.74, 6) is 0.892. The lowest BCUT2D eigenvalue weighted by Crippen LogP contribution is -2.23. The Morgan fingerprint density at radius 1 is 1.00 bits per heavy atom. The Hall–Kier alpha value is -2.81. The molecule has 8 heteroatoms. The maximum absolute atomic E-state index is 6.48. The van der Waals surface area contributed by atoms with E-state index in [-0.39, 0.29) is 6.10 Å². The Labute approximate surface area is 207 Å². The summed E-state index contributed by atoms with van der Waals surface area (Å²) in [5, 5.41) is 4.52. The van der Waals surface area contributed by atoms with Crippen LogP contribution >= 0.6 is 15.9 Å². The average molecular weight is 522 g/mol. The predicted octanol–water partition coefficient (Wildman–Crippen LogP) is 5.49. The summed E-state index contributed by atoms with van der Waals surface area (Å²) >= 11 is 3.70. The number of benzene rings is 1. The van der Waals surface area contributed by atoms with Crippen LogP contribution in [0.4, 0.5) is 5.82 Å². The molecule has 0 aliphatic heterocycles. The number of nitrogen functional groups attached to an aromatic ring is 1.